The van der Waals surface area contributed by atoms with Gasteiger partial charge >= 0.3 is 0 Å². The molecule has 0 aliphatic heterocycles. The fourth-order valence-corrected chi connectivity index (χ4v) is 1.92. The van der Waals surface area contributed by atoms with E-state index in [9.17, 15) is 0 Å². The van der Waals surface area contributed by atoms with Crippen LogP contribution in [0.5, 0.6) is 5.75 Å². The van der Waals surface area contributed by atoms with Crippen molar-refractivity contribution in [3.8, 4) is 5.75 Å². The zero-order valence-corrected chi connectivity index (χ0v) is 11.3. The summed E-state index contributed by atoms with van der Waals surface area (Å²) in [6.45, 7) is 0.507. The van der Waals surface area contributed by atoms with Gasteiger partial charge in [-0.15, -0.1) is 0 Å². The Balaban J connectivity index is 1.87. The highest BCUT2D eigenvalue weighted by Gasteiger charge is 2.08. The van der Waals surface area contributed by atoms with Gasteiger partial charge in [0.05, 0.1) is 6.04 Å². The SMILES string of the molecule is NNC(COc1ccc(Cl)cc1)Cc1ccccc1. The lowest BCUT2D eigenvalue weighted by Gasteiger charge is -2.17. The van der Waals surface area contributed by atoms with Crippen LogP contribution < -0.4 is 16.0 Å². The molecule has 0 amide bonds. The molecular formula is C15H17ClN2O. The molecule has 0 aliphatic rings. The van der Waals surface area contributed by atoms with Gasteiger partial charge in [-0.1, -0.05) is 41.9 Å². The molecule has 2 rings (SSSR count). The minimum atomic E-state index is 0.0677. The average Bonchev–Trinajstić information content (AvgIpc) is 2.46. The van der Waals surface area contributed by atoms with Gasteiger partial charge in [0, 0.05) is 5.02 Å². The lowest BCUT2D eigenvalue weighted by Crippen LogP contribution is -2.41. The van der Waals surface area contributed by atoms with Gasteiger partial charge in [0.25, 0.3) is 0 Å². The molecule has 0 bridgehead atoms. The van der Waals surface area contributed by atoms with Crippen molar-refractivity contribution in [1.29, 1.82) is 0 Å². The second-order valence-electron chi connectivity index (χ2n) is 4.32. The molecule has 100 valence electrons. The second kappa shape index (κ2) is 7.14. The van der Waals surface area contributed by atoms with Crippen molar-refractivity contribution in [3.05, 3.63) is 65.2 Å². The minimum Gasteiger partial charge on any atom is -0.492 e. The Kier molecular flexibility index (Phi) is 5.21. The van der Waals surface area contributed by atoms with Crippen molar-refractivity contribution in [3.63, 3.8) is 0 Å². The number of hydrazine groups is 1. The summed E-state index contributed by atoms with van der Waals surface area (Å²) in [5.41, 5.74) is 4.01. The van der Waals surface area contributed by atoms with Crippen LogP contribution in [0, 0.1) is 0 Å². The van der Waals surface area contributed by atoms with E-state index in [1.54, 1.807) is 12.1 Å². The van der Waals surface area contributed by atoms with E-state index in [1.165, 1.54) is 5.56 Å². The molecule has 1 unspecified atom stereocenters. The zero-order chi connectivity index (χ0) is 13.5. The van der Waals surface area contributed by atoms with Crippen molar-refractivity contribution in [2.45, 2.75) is 12.5 Å². The molecule has 3 nitrogen and oxygen atoms in total. The van der Waals surface area contributed by atoms with Crippen LogP contribution in [0.15, 0.2) is 54.6 Å². The van der Waals surface area contributed by atoms with Gasteiger partial charge in [-0.2, -0.15) is 0 Å². The summed E-state index contributed by atoms with van der Waals surface area (Å²) < 4.78 is 5.69. The number of nitrogens with two attached hydrogens (primary N) is 1. The van der Waals surface area contributed by atoms with Crippen LogP contribution in [-0.2, 0) is 6.42 Å². The minimum absolute atomic E-state index is 0.0677. The van der Waals surface area contributed by atoms with E-state index in [0.717, 1.165) is 12.2 Å². The first-order valence-electron chi connectivity index (χ1n) is 6.16. The monoisotopic (exact) mass is 276 g/mol. The number of benzene rings is 2. The smallest absolute Gasteiger partial charge is 0.119 e. The lowest BCUT2D eigenvalue weighted by atomic mass is 10.1. The predicted molar refractivity (Wildman–Crippen MR) is 78.2 cm³/mol. The van der Waals surface area contributed by atoms with Crippen LogP contribution in [0.1, 0.15) is 5.56 Å². The molecule has 0 aliphatic carbocycles. The second-order valence-corrected chi connectivity index (χ2v) is 4.75. The number of nitrogens with one attached hydrogen (secondary N) is 1. The quantitative estimate of drug-likeness (QED) is 0.630. The Hall–Kier alpha value is -1.55. The van der Waals surface area contributed by atoms with Crippen molar-refractivity contribution < 1.29 is 4.74 Å². The highest BCUT2D eigenvalue weighted by Crippen LogP contribution is 2.16. The fraction of sp³-hybridized carbons (Fsp3) is 0.200. The summed E-state index contributed by atoms with van der Waals surface area (Å²) in [5, 5.41) is 0.699. The van der Waals surface area contributed by atoms with Crippen molar-refractivity contribution in [2.75, 3.05) is 6.61 Å². The van der Waals surface area contributed by atoms with Gasteiger partial charge in [-0.3, -0.25) is 11.3 Å². The maximum Gasteiger partial charge on any atom is 0.119 e. The first kappa shape index (κ1) is 13.9. The summed E-state index contributed by atoms with van der Waals surface area (Å²) >= 11 is 5.82. The van der Waals surface area contributed by atoms with Crippen LogP contribution in [-0.4, -0.2) is 12.6 Å². The third-order valence-corrected chi connectivity index (χ3v) is 3.08. The summed E-state index contributed by atoms with van der Waals surface area (Å²) in [7, 11) is 0. The van der Waals surface area contributed by atoms with Crippen LogP contribution in [0.25, 0.3) is 0 Å². The predicted octanol–water partition coefficient (Wildman–Crippen LogP) is 2.79. The molecule has 0 aromatic heterocycles. The molecule has 0 saturated carbocycles. The Bertz CT molecular complexity index is 487. The molecule has 4 heteroatoms. The van der Waals surface area contributed by atoms with Crippen LogP contribution >= 0.6 is 11.6 Å². The van der Waals surface area contributed by atoms with Crippen molar-refractivity contribution in [2.24, 2.45) is 5.84 Å². The summed E-state index contributed by atoms with van der Waals surface area (Å²) in [6, 6.07) is 17.6. The largest absolute Gasteiger partial charge is 0.492 e. The van der Waals surface area contributed by atoms with E-state index in [0.29, 0.717) is 11.6 Å². The molecular weight excluding hydrogens is 260 g/mol. The van der Waals surface area contributed by atoms with E-state index in [2.05, 4.69) is 17.6 Å². The zero-order valence-electron chi connectivity index (χ0n) is 10.6. The van der Waals surface area contributed by atoms with E-state index in [4.69, 9.17) is 22.2 Å². The third-order valence-electron chi connectivity index (χ3n) is 2.83. The van der Waals surface area contributed by atoms with Crippen molar-refractivity contribution in [1.82, 2.24) is 5.43 Å². The van der Waals surface area contributed by atoms with E-state index in [1.807, 2.05) is 30.3 Å². The highest BCUT2D eigenvalue weighted by atomic mass is 35.5. The van der Waals surface area contributed by atoms with Gasteiger partial charge in [0.15, 0.2) is 0 Å². The lowest BCUT2D eigenvalue weighted by molar-refractivity contribution is 0.264. The Morgan fingerprint density at radius 3 is 2.37 bits per heavy atom. The number of hydrogen-bond donors (Lipinski definition) is 2. The van der Waals surface area contributed by atoms with Crippen molar-refractivity contribution >= 4 is 11.6 Å². The molecule has 3 N–H and O–H groups in total. The fourth-order valence-electron chi connectivity index (χ4n) is 1.79. The van der Waals surface area contributed by atoms with Gasteiger partial charge in [-0.05, 0) is 36.2 Å². The van der Waals surface area contributed by atoms with E-state index in [-0.39, 0.29) is 6.04 Å². The first-order chi connectivity index (χ1) is 9.28. The van der Waals surface area contributed by atoms with Gasteiger partial charge in [-0.25, -0.2) is 0 Å². The number of rotatable bonds is 6. The standard InChI is InChI=1S/C15H17ClN2O/c16-13-6-8-15(9-7-13)19-11-14(18-17)10-12-4-2-1-3-5-12/h1-9,14,18H,10-11,17H2. The number of halogens is 1. The van der Waals surface area contributed by atoms with Gasteiger partial charge in [0.1, 0.15) is 12.4 Å². The Morgan fingerprint density at radius 2 is 1.74 bits per heavy atom. The maximum absolute atomic E-state index is 5.82. The molecule has 0 fully saturated rings. The van der Waals surface area contributed by atoms with Gasteiger partial charge in [0.2, 0.25) is 0 Å². The number of ether oxygens (including phenoxy) is 1. The average molecular weight is 277 g/mol. The Morgan fingerprint density at radius 1 is 1.05 bits per heavy atom. The van der Waals surface area contributed by atoms with Crippen LogP contribution in [0.2, 0.25) is 5.02 Å². The normalized spacial score (nSPS) is 12.1. The Labute approximate surface area is 118 Å². The molecule has 2 aromatic rings. The summed E-state index contributed by atoms with van der Waals surface area (Å²) in [4.78, 5) is 0. The molecule has 0 saturated heterocycles. The third kappa shape index (κ3) is 4.56. The maximum atomic E-state index is 5.82. The van der Waals surface area contributed by atoms with Gasteiger partial charge < -0.3 is 4.74 Å². The molecule has 0 spiro atoms. The molecule has 1 atom stereocenters. The molecule has 2 aromatic carbocycles. The van der Waals surface area contributed by atoms with Crippen LogP contribution in [0.3, 0.4) is 0 Å². The first-order valence-corrected chi connectivity index (χ1v) is 6.54. The topological polar surface area (TPSA) is 47.3 Å². The highest BCUT2D eigenvalue weighted by molar-refractivity contribution is 6.30. The van der Waals surface area contributed by atoms with E-state index < -0.39 is 0 Å². The molecule has 19 heavy (non-hydrogen) atoms. The molecule has 0 radical (unpaired) electrons. The van der Waals surface area contributed by atoms with E-state index >= 15 is 0 Å². The molecule has 0 heterocycles. The summed E-state index contributed by atoms with van der Waals surface area (Å²) in [5.74, 6) is 6.35. The number of hydrogen-bond acceptors (Lipinski definition) is 3. The van der Waals surface area contributed by atoms with Crippen LogP contribution in [0.4, 0.5) is 0 Å². The summed E-state index contributed by atoms with van der Waals surface area (Å²) in [6.07, 6.45) is 0.824.